The van der Waals surface area contributed by atoms with E-state index < -0.39 is 17.7 Å². The molecule has 0 spiro atoms. The summed E-state index contributed by atoms with van der Waals surface area (Å²) in [5.74, 6) is -0.0613. The number of halogens is 2. The molecular weight excluding hydrogens is 642 g/mol. The molecule has 0 unspecified atom stereocenters. The molecule has 50 heavy (non-hydrogen) atoms. The molecule has 9 nitrogen and oxygen atoms in total. The van der Waals surface area contributed by atoms with Gasteiger partial charge in [-0.3, -0.25) is 4.98 Å². The van der Waals surface area contributed by atoms with E-state index in [0.29, 0.717) is 64.1 Å². The molecule has 1 amide bonds. The van der Waals surface area contributed by atoms with Gasteiger partial charge in [-0.05, 0) is 54.1 Å². The standard InChI is InChI=1S/C39H32F2N4O5/c1-47-35-22-32-34(23-36(35)49-31-14-16-48-17-15-31)43-37(18-25-12-13-33(42-24-25)26-19-27(40)21-28(41)20-26)44-38(32)50-39(46)45(29-8-4-2-5-9-29)30-10-6-3-7-11-30/h2-13,19-24,31H,14-18H2,1H3. The maximum absolute atomic E-state index is 14.0. The number of rotatable bonds is 9. The number of benzene rings is 4. The molecule has 0 atom stereocenters. The van der Waals surface area contributed by atoms with Crippen molar-refractivity contribution in [3.8, 4) is 28.6 Å². The number of methoxy groups -OCH3 is 1. The Kier molecular flexibility index (Phi) is 9.56. The molecule has 1 aliphatic heterocycles. The van der Waals surface area contributed by atoms with E-state index in [4.69, 9.17) is 28.9 Å². The third kappa shape index (κ3) is 7.37. The van der Waals surface area contributed by atoms with Crippen molar-refractivity contribution in [2.24, 2.45) is 0 Å². The summed E-state index contributed by atoms with van der Waals surface area (Å²) in [5.41, 5.74) is 3.14. The monoisotopic (exact) mass is 674 g/mol. The highest BCUT2D eigenvalue weighted by Gasteiger charge is 2.25. The van der Waals surface area contributed by atoms with Crippen LogP contribution < -0.4 is 19.1 Å². The van der Waals surface area contributed by atoms with Crippen molar-refractivity contribution in [2.45, 2.75) is 25.4 Å². The number of hydrogen-bond acceptors (Lipinski definition) is 8. The lowest BCUT2D eigenvalue weighted by atomic mass is 10.1. The summed E-state index contributed by atoms with van der Waals surface area (Å²) in [6, 6.07) is 28.5. The zero-order valence-corrected chi connectivity index (χ0v) is 27.1. The van der Waals surface area contributed by atoms with Gasteiger partial charge >= 0.3 is 6.09 Å². The fourth-order valence-corrected chi connectivity index (χ4v) is 5.76. The number of anilines is 2. The second-order valence-corrected chi connectivity index (χ2v) is 11.7. The number of fused-ring (bicyclic) bond motifs is 1. The number of nitrogens with zero attached hydrogens (tertiary/aromatic N) is 4. The summed E-state index contributed by atoms with van der Waals surface area (Å²) >= 11 is 0. The summed E-state index contributed by atoms with van der Waals surface area (Å²) in [5, 5.41) is 0.445. The SMILES string of the molecule is COc1cc2c(OC(=O)N(c3ccccc3)c3ccccc3)nc(Cc3ccc(-c4cc(F)cc(F)c4)nc3)nc2cc1OC1CCOCC1. The lowest BCUT2D eigenvalue weighted by Gasteiger charge is -2.24. The number of aromatic nitrogens is 3. The molecule has 1 fully saturated rings. The Balaban J connectivity index is 1.27. The largest absolute Gasteiger partial charge is 0.493 e. The Labute approximate surface area is 287 Å². The van der Waals surface area contributed by atoms with Crippen LogP contribution in [0.1, 0.15) is 24.2 Å². The zero-order chi connectivity index (χ0) is 34.5. The van der Waals surface area contributed by atoms with Crippen molar-refractivity contribution in [3.05, 3.63) is 132 Å². The van der Waals surface area contributed by atoms with E-state index in [2.05, 4.69) is 4.98 Å². The normalized spacial score (nSPS) is 13.2. The van der Waals surface area contributed by atoms with Gasteiger partial charge in [-0.2, -0.15) is 4.98 Å². The van der Waals surface area contributed by atoms with Crippen molar-refractivity contribution in [1.29, 1.82) is 0 Å². The fourth-order valence-electron chi connectivity index (χ4n) is 5.76. The fraction of sp³-hybridized carbons (Fsp3) is 0.179. The number of pyridine rings is 1. The average molecular weight is 675 g/mol. The summed E-state index contributed by atoms with van der Waals surface area (Å²) < 4.78 is 51.3. The van der Waals surface area contributed by atoms with Crippen molar-refractivity contribution >= 4 is 28.4 Å². The van der Waals surface area contributed by atoms with Crippen LogP contribution in [0.15, 0.2) is 109 Å². The third-order valence-corrected chi connectivity index (χ3v) is 8.20. The minimum Gasteiger partial charge on any atom is -0.493 e. The van der Waals surface area contributed by atoms with E-state index in [1.165, 1.54) is 17.0 Å². The molecule has 0 N–H and O–H groups in total. The summed E-state index contributed by atoms with van der Waals surface area (Å²) in [4.78, 5) is 29.5. The van der Waals surface area contributed by atoms with E-state index in [1.807, 2.05) is 60.7 Å². The van der Waals surface area contributed by atoms with E-state index in [9.17, 15) is 13.6 Å². The minimum atomic E-state index is -0.688. The van der Waals surface area contributed by atoms with Gasteiger partial charge in [0.25, 0.3) is 0 Å². The van der Waals surface area contributed by atoms with Crippen LogP contribution in [0.25, 0.3) is 22.2 Å². The minimum absolute atomic E-state index is 0.0302. The predicted octanol–water partition coefficient (Wildman–Crippen LogP) is 8.46. The Morgan fingerprint density at radius 2 is 1.52 bits per heavy atom. The Morgan fingerprint density at radius 3 is 2.14 bits per heavy atom. The van der Waals surface area contributed by atoms with Gasteiger partial charge in [-0.15, -0.1) is 0 Å². The highest BCUT2D eigenvalue weighted by molar-refractivity contribution is 5.98. The van der Waals surface area contributed by atoms with E-state index >= 15 is 0 Å². The summed E-state index contributed by atoms with van der Waals surface area (Å²) in [6.45, 7) is 1.21. The summed E-state index contributed by atoms with van der Waals surface area (Å²) in [6.07, 6.45) is 2.54. The van der Waals surface area contributed by atoms with Crippen LogP contribution in [0.4, 0.5) is 25.0 Å². The Bertz CT molecular complexity index is 2050. The molecule has 6 aromatic rings. The first-order valence-corrected chi connectivity index (χ1v) is 16.1. The van der Waals surface area contributed by atoms with Gasteiger partial charge in [-0.1, -0.05) is 42.5 Å². The molecule has 1 saturated heterocycles. The number of amides is 1. The maximum atomic E-state index is 14.0. The molecule has 7 rings (SSSR count). The van der Waals surface area contributed by atoms with Crippen LogP contribution >= 0.6 is 0 Å². The summed E-state index contributed by atoms with van der Waals surface area (Å²) in [7, 11) is 1.54. The first kappa shape index (κ1) is 32.6. The van der Waals surface area contributed by atoms with Gasteiger partial charge in [0.1, 0.15) is 23.6 Å². The zero-order valence-electron chi connectivity index (χ0n) is 27.1. The van der Waals surface area contributed by atoms with Gasteiger partial charge in [0.2, 0.25) is 5.88 Å². The number of ether oxygens (including phenoxy) is 4. The van der Waals surface area contributed by atoms with Crippen molar-refractivity contribution in [1.82, 2.24) is 15.0 Å². The average Bonchev–Trinajstić information content (AvgIpc) is 3.13. The van der Waals surface area contributed by atoms with Gasteiger partial charge in [0, 0.05) is 43.2 Å². The third-order valence-electron chi connectivity index (χ3n) is 8.20. The lowest BCUT2D eigenvalue weighted by molar-refractivity contribution is 0.0246. The topological polar surface area (TPSA) is 95.9 Å². The van der Waals surface area contributed by atoms with Gasteiger partial charge in [0.15, 0.2) is 11.5 Å². The van der Waals surface area contributed by atoms with Crippen LogP contribution in [0.5, 0.6) is 17.4 Å². The number of para-hydroxylation sites is 2. The van der Waals surface area contributed by atoms with Crippen LogP contribution in [0.3, 0.4) is 0 Å². The molecule has 0 radical (unpaired) electrons. The molecular formula is C39H32F2N4O5. The van der Waals surface area contributed by atoms with E-state index in [-0.39, 0.29) is 18.4 Å². The molecule has 252 valence electrons. The van der Waals surface area contributed by atoms with Crippen molar-refractivity contribution in [3.63, 3.8) is 0 Å². The molecule has 0 aliphatic carbocycles. The quantitative estimate of drug-likeness (QED) is 0.151. The van der Waals surface area contributed by atoms with Gasteiger partial charge < -0.3 is 18.9 Å². The molecule has 0 bridgehead atoms. The molecule has 2 aromatic heterocycles. The lowest BCUT2D eigenvalue weighted by Crippen LogP contribution is -2.29. The highest BCUT2D eigenvalue weighted by Crippen LogP contribution is 2.37. The van der Waals surface area contributed by atoms with E-state index in [1.54, 1.807) is 37.6 Å². The number of hydrogen-bond donors (Lipinski definition) is 0. The number of carbonyl (C=O) groups is 1. The smallest absolute Gasteiger partial charge is 0.425 e. The van der Waals surface area contributed by atoms with Gasteiger partial charge in [-0.25, -0.2) is 23.5 Å². The van der Waals surface area contributed by atoms with Crippen molar-refractivity contribution < 1.29 is 32.5 Å². The van der Waals surface area contributed by atoms with Crippen LogP contribution in [0, 0.1) is 11.6 Å². The van der Waals surface area contributed by atoms with Crippen LogP contribution in [0.2, 0.25) is 0 Å². The van der Waals surface area contributed by atoms with Gasteiger partial charge in [0.05, 0.1) is 48.3 Å². The van der Waals surface area contributed by atoms with Crippen LogP contribution in [-0.2, 0) is 11.2 Å². The Hall–Kier alpha value is -5.94. The highest BCUT2D eigenvalue weighted by atomic mass is 19.1. The molecule has 11 heteroatoms. The van der Waals surface area contributed by atoms with Crippen LogP contribution in [-0.4, -0.2) is 47.5 Å². The molecule has 1 aliphatic rings. The predicted molar refractivity (Wildman–Crippen MR) is 184 cm³/mol. The van der Waals surface area contributed by atoms with Crippen molar-refractivity contribution in [2.75, 3.05) is 25.2 Å². The molecule has 4 aromatic carbocycles. The maximum Gasteiger partial charge on any atom is 0.425 e. The second kappa shape index (κ2) is 14.7. The Morgan fingerprint density at radius 1 is 0.840 bits per heavy atom. The molecule has 3 heterocycles. The first-order chi connectivity index (χ1) is 24.4. The van der Waals surface area contributed by atoms with E-state index in [0.717, 1.165) is 24.5 Å². The second-order valence-electron chi connectivity index (χ2n) is 11.7. The molecule has 0 saturated carbocycles. The number of carbonyl (C=O) groups excluding carboxylic acids is 1. The first-order valence-electron chi connectivity index (χ1n) is 16.1.